The molecule has 1 aliphatic rings. The maximum Gasteiger partial charge on any atom is 0.417 e. The minimum Gasteiger partial charge on any atom is -0.336 e. The zero-order chi connectivity index (χ0) is 33.5. The van der Waals surface area contributed by atoms with Crippen LogP contribution in [-0.2, 0) is 41.7 Å². The lowest BCUT2D eigenvalue weighted by atomic mass is 9.97. The van der Waals surface area contributed by atoms with Crippen molar-refractivity contribution in [2.24, 2.45) is 0 Å². The Balaban J connectivity index is 1.34. The Kier molecular flexibility index (Phi) is 9.75. The monoisotopic (exact) mass is 646 g/mol. The van der Waals surface area contributed by atoms with Crippen molar-refractivity contribution in [3.8, 4) is 11.1 Å². The second-order valence-electron chi connectivity index (χ2n) is 11.7. The molecule has 0 aliphatic carbocycles. The third-order valence-corrected chi connectivity index (χ3v) is 8.49. The lowest BCUT2D eigenvalue weighted by molar-refractivity contribution is -0.144. The third-order valence-electron chi connectivity index (χ3n) is 8.49. The lowest BCUT2D eigenvalue weighted by Crippen LogP contribution is -2.52. The van der Waals surface area contributed by atoms with Crippen molar-refractivity contribution < 1.29 is 22.8 Å². The first kappa shape index (κ1) is 32.4. The lowest BCUT2D eigenvalue weighted by Gasteiger charge is -2.37. The van der Waals surface area contributed by atoms with Gasteiger partial charge in [0.25, 0.3) is 0 Å². The van der Waals surface area contributed by atoms with Crippen LogP contribution in [0, 0.1) is 0 Å². The standard InChI is InChI=1S/C39H33F3N4O2/c40-39(41,42)34-14-15-35(44-25-34)16-17-37(47)46(26-29-10-12-31(13-11-29)32-18-21-43-22-19-32)36(24-28-6-2-1-3-7-28)38(48)45-23-20-30-8-4-5-9-33(30)27-45/h1-19,21-22,25,36H,20,23-24,26-27H2/t36-/m0/s1. The molecule has 2 amide bonds. The Labute approximate surface area is 277 Å². The van der Waals surface area contributed by atoms with E-state index in [-0.39, 0.29) is 24.6 Å². The SMILES string of the molecule is O=C([C@H](Cc1ccccc1)N(Cc1ccc(-c2ccncc2)cc1)C(=O)C=Cc1ccc(C(F)(F)F)cn1)N1CCc2ccccc2C1. The van der Waals surface area contributed by atoms with E-state index in [2.05, 4.69) is 16.0 Å². The van der Waals surface area contributed by atoms with Gasteiger partial charge >= 0.3 is 6.18 Å². The molecule has 1 atom stereocenters. The highest BCUT2D eigenvalue weighted by Crippen LogP contribution is 2.29. The van der Waals surface area contributed by atoms with E-state index < -0.39 is 23.7 Å². The van der Waals surface area contributed by atoms with Gasteiger partial charge < -0.3 is 9.80 Å². The molecule has 3 aromatic carbocycles. The van der Waals surface area contributed by atoms with Gasteiger partial charge in [-0.05, 0) is 70.1 Å². The Hall–Kier alpha value is -5.57. The number of halogens is 3. The number of hydrogen-bond donors (Lipinski definition) is 0. The van der Waals surface area contributed by atoms with Crippen LogP contribution >= 0.6 is 0 Å². The molecule has 5 aromatic rings. The van der Waals surface area contributed by atoms with Gasteiger partial charge in [-0.25, -0.2) is 0 Å². The number of benzene rings is 3. The second kappa shape index (κ2) is 14.5. The van der Waals surface area contributed by atoms with Crippen LogP contribution in [0.2, 0.25) is 0 Å². The molecule has 0 saturated heterocycles. The first-order valence-electron chi connectivity index (χ1n) is 15.7. The Morgan fingerprint density at radius 3 is 2.19 bits per heavy atom. The average Bonchev–Trinajstić information content (AvgIpc) is 3.12. The number of alkyl halides is 3. The molecule has 0 N–H and O–H groups in total. The van der Waals surface area contributed by atoms with E-state index in [4.69, 9.17) is 0 Å². The van der Waals surface area contributed by atoms with E-state index in [9.17, 15) is 22.8 Å². The number of amides is 2. The van der Waals surface area contributed by atoms with Gasteiger partial charge in [0.1, 0.15) is 6.04 Å². The normalized spacial score (nSPS) is 13.6. The Morgan fingerprint density at radius 1 is 0.812 bits per heavy atom. The summed E-state index contributed by atoms with van der Waals surface area (Å²) >= 11 is 0. The maximum atomic E-state index is 14.5. The summed E-state index contributed by atoms with van der Waals surface area (Å²) in [6.45, 7) is 1.09. The molecule has 1 aliphatic heterocycles. The third kappa shape index (κ3) is 7.86. The fourth-order valence-electron chi connectivity index (χ4n) is 5.87. The zero-order valence-corrected chi connectivity index (χ0v) is 26.1. The van der Waals surface area contributed by atoms with Gasteiger partial charge in [-0.2, -0.15) is 13.2 Å². The molecular formula is C39H33F3N4O2. The minimum atomic E-state index is -4.52. The molecule has 0 fully saturated rings. The smallest absolute Gasteiger partial charge is 0.336 e. The van der Waals surface area contributed by atoms with Gasteiger partial charge in [0.05, 0.1) is 11.3 Å². The van der Waals surface area contributed by atoms with Crippen LogP contribution in [0.5, 0.6) is 0 Å². The van der Waals surface area contributed by atoms with E-state index in [1.807, 2.05) is 89.8 Å². The van der Waals surface area contributed by atoms with Crippen LogP contribution < -0.4 is 0 Å². The highest BCUT2D eigenvalue weighted by molar-refractivity contribution is 5.95. The average molecular weight is 647 g/mol. The molecule has 0 radical (unpaired) electrons. The Bertz CT molecular complexity index is 1880. The van der Waals surface area contributed by atoms with E-state index in [0.717, 1.165) is 40.1 Å². The van der Waals surface area contributed by atoms with Crippen LogP contribution in [0.15, 0.2) is 128 Å². The second-order valence-corrected chi connectivity index (χ2v) is 11.7. The summed E-state index contributed by atoms with van der Waals surface area (Å²) in [7, 11) is 0. The molecule has 0 bridgehead atoms. The minimum absolute atomic E-state index is 0.133. The molecule has 6 nitrogen and oxygen atoms in total. The van der Waals surface area contributed by atoms with E-state index in [1.54, 1.807) is 17.3 Å². The number of fused-ring (bicyclic) bond motifs is 1. The number of hydrogen-bond acceptors (Lipinski definition) is 4. The molecule has 9 heteroatoms. The first-order valence-corrected chi connectivity index (χ1v) is 15.7. The van der Waals surface area contributed by atoms with Gasteiger partial charge in [0.15, 0.2) is 0 Å². The topological polar surface area (TPSA) is 66.4 Å². The fraction of sp³-hybridized carbons (Fsp3) is 0.179. The molecule has 3 heterocycles. The van der Waals surface area contributed by atoms with Crippen LogP contribution in [0.3, 0.4) is 0 Å². The number of rotatable bonds is 9. The summed E-state index contributed by atoms with van der Waals surface area (Å²) in [6, 6.07) is 30.5. The Morgan fingerprint density at radius 2 is 1.50 bits per heavy atom. The largest absolute Gasteiger partial charge is 0.417 e. The maximum absolute atomic E-state index is 14.5. The van der Waals surface area contributed by atoms with Crippen molar-refractivity contribution in [3.05, 3.63) is 161 Å². The summed E-state index contributed by atoms with van der Waals surface area (Å²) in [4.78, 5) is 39.9. The number of nitrogens with zero attached hydrogens (tertiary/aromatic N) is 4. The van der Waals surface area contributed by atoms with Crippen LogP contribution in [0.4, 0.5) is 13.2 Å². The number of aromatic nitrogens is 2. The van der Waals surface area contributed by atoms with Crippen molar-refractivity contribution in [2.45, 2.75) is 38.1 Å². The van der Waals surface area contributed by atoms with Gasteiger partial charge in [0, 0.05) is 50.7 Å². The molecule has 48 heavy (non-hydrogen) atoms. The summed E-state index contributed by atoms with van der Waals surface area (Å²) in [5.41, 5.74) is 5.29. The molecule has 0 saturated carbocycles. The number of carbonyl (C=O) groups is 2. The zero-order valence-electron chi connectivity index (χ0n) is 26.1. The van der Waals surface area contributed by atoms with Gasteiger partial charge in [-0.15, -0.1) is 0 Å². The van der Waals surface area contributed by atoms with Crippen molar-refractivity contribution in [3.63, 3.8) is 0 Å². The number of pyridine rings is 2. The molecule has 0 unspecified atom stereocenters. The first-order chi connectivity index (χ1) is 23.2. The molecule has 0 spiro atoms. The van der Waals surface area contributed by atoms with Crippen LogP contribution in [-0.4, -0.2) is 44.2 Å². The van der Waals surface area contributed by atoms with Crippen LogP contribution in [0.25, 0.3) is 17.2 Å². The number of carbonyl (C=O) groups excluding carboxylic acids is 2. The quantitative estimate of drug-likeness (QED) is 0.157. The van der Waals surface area contributed by atoms with Crippen molar-refractivity contribution in [1.82, 2.24) is 19.8 Å². The molecular weight excluding hydrogens is 613 g/mol. The molecule has 242 valence electrons. The van der Waals surface area contributed by atoms with Crippen molar-refractivity contribution >= 4 is 17.9 Å². The van der Waals surface area contributed by atoms with Gasteiger partial charge in [-0.3, -0.25) is 19.6 Å². The fourth-order valence-corrected chi connectivity index (χ4v) is 5.87. The molecule has 2 aromatic heterocycles. The van der Waals surface area contributed by atoms with Crippen LogP contribution in [0.1, 0.15) is 33.5 Å². The molecule has 6 rings (SSSR count). The highest BCUT2D eigenvalue weighted by atomic mass is 19.4. The van der Waals surface area contributed by atoms with Crippen molar-refractivity contribution in [1.29, 1.82) is 0 Å². The van der Waals surface area contributed by atoms with Gasteiger partial charge in [-0.1, -0.05) is 78.9 Å². The predicted octanol–water partition coefficient (Wildman–Crippen LogP) is 7.40. The van der Waals surface area contributed by atoms with E-state index in [1.165, 1.54) is 23.8 Å². The van der Waals surface area contributed by atoms with Gasteiger partial charge in [0.2, 0.25) is 11.8 Å². The summed E-state index contributed by atoms with van der Waals surface area (Å²) in [6.07, 6.45) is 3.31. The van der Waals surface area contributed by atoms with E-state index in [0.29, 0.717) is 19.5 Å². The summed E-state index contributed by atoms with van der Waals surface area (Å²) < 4.78 is 39.3. The highest BCUT2D eigenvalue weighted by Gasteiger charge is 2.34. The van der Waals surface area contributed by atoms with Crippen molar-refractivity contribution in [2.75, 3.05) is 6.54 Å². The predicted molar refractivity (Wildman–Crippen MR) is 178 cm³/mol. The van der Waals surface area contributed by atoms with E-state index >= 15 is 0 Å². The summed E-state index contributed by atoms with van der Waals surface area (Å²) in [5, 5.41) is 0. The summed E-state index contributed by atoms with van der Waals surface area (Å²) in [5.74, 6) is -0.627.